The Labute approximate surface area is 116 Å². The number of likely N-dealkylation sites (tertiary alicyclic amines) is 1. The summed E-state index contributed by atoms with van der Waals surface area (Å²) in [5, 5.41) is 0.824. The molecule has 0 bridgehead atoms. The van der Waals surface area contributed by atoms with Gasteiger partial charge in [-0.1, -0.05) is 33.6 Å². The Morgan fingerprint density at radius 2 is 2.25 bits per heavy atom. The molecular formula is C11H15BrCl2N2. The number of nitrogens with two attached hydrogens (primary N) is 1. The summed E-state index contributed by atoms with van der Waals surface area (Å²) in [6, 6.07) is 6.36. The van der Waals surface area contributed by atoms with Gasteiger partial charge in [-0.2, -0.15) is 0 Å². The molecule has 1 aromatic rings. The van der Waals surface area contributed by atoms with Gasteiger partial charge in [-0.3, -0.25) is 4.90 Å². The smallest absolute Gasteiger partial charge is 0.0462 e. The van der Waals surface area contributed by atoms with E-state index in [0.29, 0.717) is 6.04 Å². The molecule has 0 saturated carbocycles. The standard InChI is InChI=1S/C11H14BrClN2.ClH/c12-9-2-1-8(11(13)5-9)6-15-4-3-10(14)7-15;/h1-2,5,10H,3-4,6-7,14H2;1H. The minimum atomic E-state index is 0. The van der Waals surface area contributed by atoms with Gasteiger partial charge in [0.15, 0.2) is 0 Å². The van der Waals surface area contributed by atoms with E-state index in [1.165, 1.54) is 5.56 Å². The topological polar surface area (TPSA) is 29.3 Å². The lowest BCUT2D eigenvalue weighted by atomic mass is 10.2. The zero-order chi connectivity index (χ0) is 10.8. The van der Waals surface area contributed by atoms with Gasteiger partial charge in [-0.25, -0.2) is 0 Å². The predicted octanol–water partition coefficient (Wildman–Crippen LogP) is 3.06. The second-order valence-electron chi connectivity index (χ2n) is 4.02. The Kier molecular flexibility index (Phi) is 5.54. The first-order valence-electron chi connectivity index (χ1n) is 5.07. The number of nitrogens with zero attached hydrogens (tertiary/aromatic N) is 1. The van der Waals surface area contributed by atoms with Gasteiger partial charge in [0.2, 0.25) is 0 Å². The lowest BCUT2D eigenvalue weighted by molar-refractivity contribution is 0.327. The fourth-order valence-corrected chi connectivity index (χ4v) is 2.63. The second kappa shape index (κ2) is 6.22. The summed E-state index contributed by atoms with van der Waals surface area (Å²) in [7, 11) is 0. The largest absolute Gasteiger partial charge is 0.326 e. The summed E-state index contributed by atoms with van der Waals surface area (Å²) in [6.45, 7) is 2.96. The van der Waals surface area contributed by atoms with E-state index in [2.05, 4.69) is 26.9 Å². The van der Waals surface area contributed by atoms with Crippen LogP contribution in [0.3, 0.4) is 0 Å². The predicted molar refractivity (Wildman–Crippen MR) is 74.3 cm³/mol. The lowest BCUT2D eigenvalue weighted by Gasteiger charge is -2.16. The highest BCUT2D eigenvalue weighted by Gasteiger charge is 2.19. The highest BCUT2D eigenvalue weighted by molar-refractivity contribution is 9.10. The molecule has 16 heavy (non-hydrogen) atoms. The minimum absolute atomic E-state index is 0. The van der Waals surface area contributed by atoms with Crippen LogP contribution in [0.25, 0.3) is 0 Å². The average Bonchev–Trinajstić information content (AvgIpc) is 2.56. The molecule has 1 fully saturated rings. The Morgan fingerprint density at radius 3 is 2.81 bits per heavy atom. The van der Waals surface area contributed by atoms with Crippen LogP contribution in [0.1, 0.15) is 12.0 Å². The second-order valence-corrected chi connectivity index (χ2v) is 5.34. The third-order valence-corrected chi connectivity index (χ3v) is 3.56. The molecule has 5 heteroatoms. The minimum Gasteiger partial charge on any atom is -0.326 e. The van der Waals surface area contributed by atoms with Gasteiger partial charge in [-0.05, 0) is 24.1 Å². The van der Waals surface area contributed by atoms with Crippen molar-refractivity contribution < 1.29 is 0 Å². The monoisotopic (exact) mass is 324 g/mol. The maximum atomic E-state index is 6.16. The summed E-state index contributed by atoms with van der Waals surface area (Å²) in [5.74, 6) is 0. The van der Waals surface area contributed by atoms with E-state index in [0.717, 1.165) is 35.6 Å². The van der Waals surface area contributed by atoms with Gasteiger partial charge in [0.25, 0.3) is 0 Å². The Morgan fingerprint density at radius 1 is 1.50 bits per heavy atom. The van der Waals surface area contributed by atoms with Crippen LogP contribution in [-0.2, 0) is 6.54 Å². The molecule has 1 unspecified atom stereocenters. The molecule has 0 spiro atoms. The van der Waals surface area contributed by atoms with Crippen LogP contribution in [0.5, 0.6) is 0 Å². The fourth-order valence-electron chi connectivity index (χ4n) is 1.90. The van der Waals surface area contributed by atoms with E-state index < -0.39 is 0 Å². The van der Waals surface area contributed by atoms with E-state index in [-0.39, 0.29) is 12.4 Å². The van der Waals surface area contributed by atoms with Crippen LogP contribution >= 0.6 is 39.9 Å². The van der Waals surface area contributed by atoms with Crippen molar-refractivity contribution in [3.8, 4) is 0 Å². The molecule has 2 nitrogen and oxygen atoms in total. The first kappa shape index (κ1) is 14.3. The number of benzene rings is 1. The van der Waals surface area contributed by atoms with Crippen LogP contribution in [0.15, 0.2) is 22.7 Å². The fraction of sp³-hybridized carbons (Fsp3) is 0.455. The van der Waals surface area contributed by atoms with Gasteiger partial charge in [0.05, 0.1) is 0 Å². The number of rotatable bonds is 2. The number of hydrogen-bond donors (Lipinski definition) is 1. The van der Waals surface area contributed by atoms with Crippen molar-refractivity contribution in [2.75, 3.05) is 13.1 Å². The Hall–Kier alpha value is 0.200. The molecule has 1 aliphatic rings. The van der Waals surface area contributed by atoms with Crippen molar-refractivity contribution >= 4 is 39.9 Å². The molecule has 1 aromatic carbocycles. The van der Waals surface area contributed by atoms with Crippen molar-refractivity contribution in [3.05, 3.63) is 33.3 Å². The molecular weight excluding hydrogens is 311 g/mol. The summed E-state index contributed by atoms with van der Waals surface area (Å²) >= 11 is 9.56. The summed E-state index contributed by atoms with van der Waals surface area (Å²) in [5.41, 5.74) is 7.03. The number of hydrogen-bond acceptors (Lipinski definition) is 2. The third kappa shape index (κ3) is 3.60. The van der Waals surface area contributed by atoms with Crippen LogP contribution < -0.4 is 5.73 Å². The highest BCUT2D eigenvalue weighted by Crippen LogP contribution is 2.23. The summed E-state index contributed by atoms with van der Waals surface area (Å²) < 4.78 is 1.02. The molecule has 1 atom stereocenters. The quantitative estimate of drug-likeness (QED) is 0.905. The van der Waals surface area contributed by atoms with Crippen molar-refractivity contribution in [2.24, 2.45) is 5.73 Å². The molecule has 2 N–H and O–H groups in total. The molecule has 0 aromatic heterocycles. The van der Waals surface area contributed by atoms with E-state index in [4.69, 9.17) is 17.3 Å². The molecule has 1 aliphatic heterocycles. The SMILES string of the molecule is Cl.NC1CCN(Cc2ccc(Br)cc2Cl)C1. The van der Waals surface area contributed by atoms with Gasteiger partial charge < -0.3 is 5.73 Å². The summed E-state index contributed by atoms with van der Waals surface area (Å²) in [6.07, 6.45) is 1.09. The zero-order valence-electron chi connectivity index (χ0n) is 8.83. The van der Waals surface area contributed by atoms with Gasteiger partial charge in [-0.15, -0.1) is 12.4 Å². The first-order chi connectivity index (χ1) is 7.15. The van der Waals surface area contributed by atoms with Gasteiger partial charge in [0.1, 0.15) is 0 Å². The lowest BCUT2D eigenvalue weighted by Crippen LogP contribution is -2.26. The van der Waals surface area contributed by atoms with Crippen molar-refractivity contribution in [2.45, 2.75) is 19.0 Å². The van der Waals surface area contributed by atoms with Crippen LogP contribution in [0.2, 0.25) is 5.02 Å². The number of halogens is 3. The molecule has 2 rings (SSSR count). The maximum absolute atomic E-state index is 6.16. The highest BCUT2D eigenvalue weighted by atomic mass is 79.9. The average molecular weight is 326 g/mol. The van der Waals surface area contributed by atoms with Crippen LogP contribution in [0.4, 0.5) is 0 Å². The van der Waals surface area contributed by atoms with E-state index in [1.807, 2.05) is 12.1 Å². The van der Waals surface area contributed by atoms with Crippen molar-refractivity contribution in [1.82, 2.24) is 4.90 Å². The Balaban J connectivity index is 0.00000128. The normalized spacial score (nSPS) is 20.8. The molecule has 0 amide bonds. The van der Waals surface area contributed by atoms with E-state index in [1.54, 1.807) is 0 Å². The zero-order valence-corrected chi connectivity index (χ0v) is 12.0. The van der Waals surface area contributed by atoms with Crippen molar-refractivity contribution in [3.63, 3.8) is 0 Å². The maximum Gasteiger partial charge on any atom is 0.0462 e. The van der Waals surface area contributed by atoms with Gasteiger partial charge in [0, 0.05) is 35.2 Å². The van der Waals surface area contributed by atoms with Crippen LogP contribution in [0, 0.1) is 0 Å². The third-order valence-electron chi connectivity index (χ3n) is 2.72. The van der Waals surface area contributed by atoms with E-state index in [9.17, 15) is 0 Å². The molecule has 0 radical (unpaired) electrons. The molecule has 90 valence electrons. The van der Waals surface area contributed by atoms with Crippen molar-refractivity contribution in [1.29, 1.82) is 0 Å². The molecule has 1 saturated heterocycles. The summed E-state index contributed by atoms with van der Waals surface area (Å²) in [4.78, 5) is 2.35. The first-order valence-corrected chi connectivity index (χ1v) is 6.24. The molecule has 1 heterocycles. The molecule has 0 aliphatic carbocycles. The van der Waals surface area contributed by atoms with Gasteiger partial charge >= 0.3 is 0 Å². The van der Waals surface area contributed by atoms with E-state index >= 15 is 0 Å². The Bertz CT molecular complexity index is 360. The van der Waals surface area contributed by atoms with Crippen LogP contribution in [-0.4, -0.2) is 24.0 Å².